The quantitative estimate of drug-likeness (QED) is 0.803. The van der Waals surface area contributed by atoms with Gasteiger partial charge in [-0.3, -0.25) is 0 Å². The molecule has 4 aliphatic rings. The molecule has 2 aliphatic heterocycles. The van der Waals surface area contributed by atoms with Gasteiger partial charge in [-0.25, -0.2) is 0 Å². The molecule has 0 aromatic rings. The Balaban J connectivity index is 1.39. The minimum atomic E-state index is -0.548. The predicted molar refractivity (Wildman–Crippen MR) is 70.9 cm³/mol. The lowest BCUT2D eigenvalue weighted by atomic mass is 9.46. The summed E-state index contributed by atoms with van der Waals surface area (Å²) in [5, 5.41) is 14.3. The van der Waals surface area contributed by atoms with Crippen LogP contribution in [0.15, 0.2) is 0 Å². The maximum atomic E-state index is 10.6. The summed E-state index contributed by atoms with van der Waals surface area (Å²) in [6, 6.07) is 0.584. The lowest BCUT2D eigenvalue weighted by Crippen LogP contribution is -2.72. The third-order valence-electron chi connectivity index (χ3n) is 6.11. The molecule has 0 bridgehead atoms. The average Bonchev–Trinajstić information content (AvgIpc) is 2.73. The molecule has 4 rings (SSSR count). The van der Waals surface area contributed by atoms with Gasteiger partial charge in [-0.15, -0.1) is 0 Å². The summed E-state index contributed by atoms with van der Waals surface area (Å²) in [5.41, 5.74) is -0.129. The Hall–Kier alpha value is -0.160. The van der Waals surface area contributed by atoms with Crippen LogP contribution < -0.4 is 5.32 Å². The van der Waals surface area contributed by atoms with E-state index in [0.717, 1.165) is 26.0 Å². The molecule has 2 saturated carbocycles. The first kappa shape index (κ1) is 12.6. The highest BCUT2D eigenvalue weighted by atomic mass is 16.5. The van der Waals surface area contributed by atoms with E-state index in [-0.39, 0.29) is 0 Å². The number of fused-ring (bicyclic) bond motifs is 2. The van der Waals surface area contributed by atoms with Crippen molar-refractivity contribution in [1.82, 2.24) is 5.32 Å². The Bertz CT molecular complexity index is 349. The molecule has 19 heavy (non-hydrogen) atoms. The molecule has 4 heteroatoms. The zero-order valence-corrected chi connectivity index (χ0v) is 11.6. The SMILES string of the molecule is OC1(CNC2C3CCOC3C23CCC3)CCOCC1. The van der Waals surface area contributed by atoms with Crippen molar-refractivity contribution in [1.29, 1.82) is 0 Å². The molecule has 2 N–H and O–H groups in total. The Morgan fingerprint density at radius 2 is 1.89 bits per heavy atom. The van der Waals surface area contributed by atoms with Crippen molar-refractivity contribution >= 4 is 0 Å². The van der Waals surface area contributed by atoms with E-state index < -0.39 is 5.60 Å². The van der Waals surface area contributed by atoms with Crippen molar-refractivity contribution in [2.75, 3.05) is 26.4 Å². The molecule has 4 fully saturated rings. The summed E-state index contributed by atoms with van der Waals surface area (Å²) >= 11 is 0. The van der Waals surface area contributed by atoms with Crippen molar-refractivity contribution in [2.24, 2.45) is 11.3 Å². The minimum Gasteiger partial charge on any atom is -0.388 e. The molecule has 2 heterocycles. The molecule has 3 atom stereocenters. The van der Waals surface area contributed by atoms with Crippen LogP contribution in [0.1, 0.15) is 38.5 Å². The molecular weight excluding hydrogens is 242 g/mol. The second kappa shape index (κ2) is 4.42. The first-order valence-corrected chi connectivity index (χ1v) is 7.89. The summed E-state index contributed by atoms with van der Waals surface area (Å²) in [6.07, 6.45) is 7.23. The second-order valence-corrected chi connectivity index (χ2v) is 7.03. The summed E-state index contributed by atoms with van der Waals surface area (Å²) in [7, 11) is 0. The average molecular weight is 267 g/mol. The number of rotatable bonds is 3. The third-order valence-corrected chi connectivity index (χ3v) is 6.11. The van der Waals surface area contributed by atoms with Crippen LogP contribution in [0.25, 0.3) is 0 Å². The van der Waals surface area contributed by atoms with Crippen molar-refractivity contribution in [3.8, 4) is 0 Å². The fraction of sp³-hybridized carbons (Fsp3) is 1.00. The maximum Gasteiger partial charge on any atom is 0.0815 e. The van der Waals surface area contributed by atoms with Crippen LogP contribution in [0.5, 0.6) is 0 Å². The largest absolute Gasteiger partial charge is 0.388 e. The normalized spacial score (nSPS) is 42.5. The fourth-order valence-electron chi connectivity index (χ4n) is 4.79. The van der Waals surface area contributed by atoms with E-state index in [9.17, 15) is 5.11 Å². The molecule has 4 nitrogen and oxygen atoms in total. The Kier molecular flexibility index (Phi) is 2.92. The van der Waals surface area contributed by atoms with E-state index in [2.05, 4.69) is 5.32 Å². The van der Waals surface area contributed by atoms with Gasteiger partial charge in [0.1, 0.15) is 0 Å². The molecule has 2 saturated heterocycles. The van der Waals surface area contributed by atoms with Gasteiger partial charge in [0.15, 0.2) is 0 Å². The molecule has 0 radical (unpaired) electrons. The van der Waals surface area contributed by atoms with Crippen LogP contribution in [0.3, 0.4) is 0 Å². The van der Waals surface area contributed by atoms with Crippen molar-refractivity contribution < 1.29 is 14.6 Å². The fourth-order valence-corrected chi connectivity index (χ4v) is 4.79. The molecule has 2 aliphatic carbocycles. The number of hydrogen-bond donors (Lipinski definition) is 2. The molecule has 3 unspecified atom stereocenters. The topological polar surface area (TPSA) is 50.7 Å². The Morgan fingerprint density at radius 3 is 2.58 bits per heavy atom. The Morgan fingerprint density at radius 1 is 1.11 bits per heavy atom. The smallest absolute Gasteiger partial charge is 0.0815 e. The highest BCUT2D eigenvalue weighted by Gasteiger charge is 2.66. The minimum absolute atomic E-state index is 0.419. The zero-order chi connectivity index (χ0) is 12.9. The van der Waals surface area contributed by atoms with Crippen LogP contribution in [-0.2, 0) is 9.47 Å². The van der Waals surface area contributed by atoms with Crippen LogP contribution in [0.4, 0.5) is 0 Å². The lowest BCUT2D eigenvalue weighted by molar-refractivity contribution is -0.180. The van der Waals surface area contributed by atoms with Gasteiger partial charge in [-0.2, -0.15) is 0 Å². The van der Waals surface area contributed by atoms with E-state index >= 15 is 0 Å². The number of ether oxygens (including phenoxy) is 2. The Labute approximate surface area is 114 Å². The van der Waals surface area contributed by atoms with Gasteiger partial charge < -0.3 is 19.9 Å². The summed E-state index contributed by atoms with van der Waals surface area (Å²) in [6.45, 7) is 3.06. The molecular formula is C15H25NO3. The molecule has 0 amide bonds. The predicted octanol–water partition coefficient (Wildman–Crippen LogP) is 1.08. The molecule has 108 valence electrons. The van der Waals surface area contributed by atoms with Gasteiger partial charge in [-0.1, -0.05) is 6.42 Å². The molecule has 0 aromatic carbocycles. The van der Waals surface area contributed by atoms with Crippen molar-refractivity contribution in [3.63, 3.8) is 0 Å². The lowest BCUT2D eigenvalue weighted by Gasteiger charge is -2.63. The van der Waals surface area contributed by atoms with Crippen LogP contribution in [-0.4, -0.2) is 49.2 Å². The first-order valence-electron chi connectivity index (χ1n) is 7.89. The standard InChI is InChI=1S/C15H25NO3/c17-14(5-8-18-9-6-14)10-16-12-11-2-7-19-13(11)15(12)3-1-4-15/h11-13,16-17H,1-10H2. The summed E-state index contributed by atoms with van der Waals surface area (Å²) in [5.74, 6) is 0.698. The third kappa shape index (κ3) is 1.80. The van der Waals surface area contributed by atoms with E-state index in [0.29, 0.717) is 36.7 Å². The van der Waals surface area contributed by atoms with Gasteiger partial charge in [0.2, 0.25) is 0 Å². The first-order chi connectivity index (χ1) is 9.24. The number of aliphatic hydroxyl groups is 1. The second-order valence-electron chi connectivity index (χ2n) is 7.03. The van der Waals surface area contributed by atoms with E-state index in [1.54, 1.807) is 0 Å². The van der Waals surface area contributed by atoms with Gasteiger partial charge in [0.25, 0.3) is 0 Å². The number of nitrogens with one attached hydrogen (secondary N) is 1. The van der Waals surface area contributed by atoms with Crippen LogP contribution >= 0.6 is 0 Å². The monoisotopic (exact) mass is 267 g/mol. The van der Waals surface area contributed by atoms with Crippen LogP contribution in [0.2, 0.25) is 0 Å². The van der Waals surface area contributed by atoms with E-state index in [1.165, 1.54) is 25.7 Å². The zero-order valence-electron chi connectivity index (χ0n) is 11.6. The van der Waals surface area contributed by atoms with Crippen LogP contribution in [0, 0.1) is 11.3 Å². The highest BCUT2D eigenvalue weighted by molar-refractivity contribution is 5.18. The van der Waals surface area contributed by atoms with E-state index in [1.807, 2.05) is 0 Å². The van der Waals surface area contributed by atoms with Gasteiger partial charge in [0.05, 0.1) is 11.7 Å². The van der Waals surface area contributed by atoms with E-state index in [4.69, 9.17) is 9.47 Å². The van der Waals surface area contributed by atoms with Gasteiger partial charge in [-0.05, 0) is 19.3 Å². The van der Waals surface area contributed by atoms with Crippen molar-refractivity contribution in [2.45, 2.75) is 56.3 Å². The molecule has 0 aromatic heterocycles. The summed E-state index contributed by atoms with van der Waals surface area (Å²) < 4.78 is 11.3. The van der Waals surface area contributed by atoms with Crippen molar-refractivity contribution in [3.05, 3.63) is 0 Å². The van der Waals surface area contributed by atoms with Gasteiger partial charge >= 0.3 is 0 Å². The number of hydrogen-bond acceptors (Lipinski definition) is 4. The molecule has 1 spiro atoms. The summed E-state index contributed by atoms with van der Waals surface area (Å²) in [4.78, 5) is 0. The maximum absolute atomic E-state index is 10.6. The highest BCUT2D eigenvalue weighted by Crippen LogP contribution is 2.62. The van der Waals surface area contributed by atoms with Gasteiger partial charge in [0, 0.05) is 56.6 Å².